The Morgan fingerprint density at radius 1 is 1.03 bits per heavy atom. The summed E-state index contributed by atoms with van der Waals surface area (Å²) in [6.45, 7) is 2.95. The van der Waals surface area contributed by atoms with E-state index < -0.39 is 0 Å². The van der Waals surface area contributed by atoms with Gasteiger partial charge < -0.3 is 14.2 Å². The molecule has 178 valence electrons. The van der Waals surface area contributed by atoms with Crippen LogP contribution in [0.4, 0.5) is 0 Å². The first kappa shape index (κ1) is 23.2. The topological polar surface area (TPSA) is 62.1 Å². The minimum atomic E-state index is -0.0751. The van der Waals surface area contributed by atoms with E-state index in [9.17, 15) is 4.79 Å². The van der Waals surface area contributed by atoms with Crippen molar-refractivity contribution in [3.63, 3.8) is 0 Å². The molecule has 5 rings (SSSR count). The van der Waals surface area contributed by atoms with Crippen molar-refractivity contribution < 1.29 is 14.2 Å². The first-order chi connectivity index (χ1) is 17.0. The van der Waals surface area contributed by atoms with E-state index >= 15 is 0 Å². The van der Waals surface area contributed by atoms with Gasteiger partial charge in [0.15, 0.2) is 16.5 Å². The lowest BCUT2D eigenvalue weighted by Crippen LogP contribution is -2.22. The minimum Gasteiger partial charge on any atom is -0.493 e. The van der Waals surface area contributed by atoms with Crippen LogP contribution in [0, 0.1) is 6.92 Å². The van der Waals surface area contributed by atoms with Gasteiger partial charge in [-0.1, -0.05) is 41.1 Å². The molecule has 0 saturated heterocycles. The van der Waals surface area contributed by atoms with Gasteiger partial charge in [-0.15, -0.1) is 0 Å². The highest BCUT2D eigenvalue weighted by Gasteiger charge is 2.11. The molecule has 5 aromatic rings. The maximum absolute atomic E-state index is 13.0. The van der Waals surface area contributed by atoms with Crippen LogP contribution in [0.3, 0.4) is 0 Å². The molecule has 0 radical (unpaired) electrons. The van der Waals surface area contributed by atoms with Gasteiger partial charge in [0, 0.05) is 11.4 Å². The van der Waals surface area contributed by atoms with Crippen molar-refractivity contribution in [2.75, 3.05) is 20.3 Å². The number of fused-ring (bicyclic) bond motifs is 3. The molecule has 3 aromatic carbocycles. The number of rotatable bonds is 8. The van der Waals surface area contributed by atoms with E-state index in [0.717, 1.165) is 32.9 Å². The molecular formula is C27H23ClN2O4S. The number of benzene rings is 3. The smallest absolute Gasteiger partial charge is 0.274 e. The van der Waals surface area contributed by atoms with Crippen LogP contribution >= 0.6 is 22.9 Å². The lowest BCUT2D eigenvalue weighted by Gasteiger charge is -2.12. The van der Waals surface area contributed by atoms with Gasteiger partial charge in [0.2, 0.25) is 0 Å². The van der Waals surface area contributed by atoms with Gasteiger partial charge >= 0.3 is 0 Å². The Hall–Kier alpha value is -3.55. The summed E-state index contributed by atoms with van der Waals surface area (Å²) >= 11 is 7.42. The van der Waals surface area contributed by atoms with Crippen LogP contribution < -0.4 is 24.3 Å². The van der Waals surface area contributed by atoms with E-state index in [2.05, 4.69) is 4.98 Å². The van der Waals surface area contributed by atoms with Crippen LogP contribution in [0.2, 0.25) is 5.02 Å². The number of imidazole rings is 1. The van der Waals surface area contributed by atoms with Gasteiger partial charge in [-0.3, -0.25) is 4.79 Å². The van der Waals surface area contributed by atoms with Crippen molar-refractivity contribution in [3.05, 3.63) is 91.7 Å². The summed E-state index contributed by atoms with van der Waals surface area (Å²) in [6.07, 6.45) is 2.56. The number of ether oxygens (including phenoxy) is 3. The lowest BCUT2D eigenvalue weighted by atomic mass is 10.2. The highest BCUT2D eigenvalue weighted by atomic mass is 35.5. The van der Waals surface area contributed by atoms with Gasteiger partial charge in [-0.25, -0.2) is 9.38 Å². The number of thiazole rings is 1. The van der Waals surface area contributed by atoms with Gasteiger partial charge in [0.25, 0.3) is 5.56 Å². The second kappa shape index (κ2) is 9.98. The van der Waals surface area contributed by atoms with E-state index in [1.165, 1.54) is 11.3 Å². The van der Waals surface area contributed by atoms with Gasteiger partial charge in [-0.2, -0.15) is 0 Å². The van der Waals surface area contributed by atoms with E-state index in [0.29, 0.717) is 40.6 Å². The van der Waals surface area contributed by atoms with E-state index in [4.69, 9.17) is 25.8 Å². The summed E-state index contributed by atoms with van der Waals surface area (Å²) in [5, 5.41) is 0.724. The molecule has 0 amide bonds. The van der Waals surface area contributed by atoms with E-state index in [1.807, 2.05) is 73.7 Å². The molecule has 0 saturated carbocycles. The monoisotopic (exact) mass is 506 g/mol. The third-order valence-corrected chi connectivity index (χ3v) is 6.97. The van der Waals surface area contributed by atoms with E-state index in [1.54, 1.807) is 11.5 Å². The quantitative estimate of drug-likeness (QED) is 0.268. The Labute approximate surface area is 211 Å². The zero-order valence-electron chi connectivity index (χ0n) is 19.3. The SMILES string of the molecule is COc1cc(/C=c2\sc3nc4ccccc4n3c2=O)ccc1OCCCOc1ccc(Cl)c(C)c1. The summed E-state index contributed by atoms with van der Waals surface area (Å²) < 4.78 is 19.5. The Morgan fingerprint density at radius 2 is 1.86 bits per heavy atom. The van der Waals surface area contributed by atoms with Crippen LogP contribution in [-0.4, -0.2) is 29.7 Å². The van der Waals surface area contributed by atoms with Gasteiger partial charge in [0.1, 0.15) is 5.75 Å². The summed E-state index contributed by atoms with van der Waals surface area (Å²) in [7, 11) is 1.60. The summed E-state index contributed by atoms with van der Waals surface area (Å²) in [4.78, 5) is 18.2. The fraction of sp³-hybridized carbons (Fsp3) is 0.185. The normalized spacial score (nSPS) is 11.9. The first-order valence-corrected chi connectivity index (χ1v) is 12.3. The summed E-state index contributed by atoms with van der Waals surface area (Å²) in [5.74, 6) is 2.03. The number of aryl methyl sites for hydroxylation is 1. The van der Waals surface area contributed by atoms with E-state index in [-0.39, 0.29) is 5.56 Å². The van der Waals surface area contributed by atoms with Crippen LogP contribution in [0.5, 0.6) is 17.2 Å². The Balaban J connectivity index is 1.27. The molecule has 0 aliphatic heterocycles. The van der Waals surface area contributed by atoms with Crippen LogP contribution in [0.25, 0.3) is 22.1 Å². The lowest BCUT2D eigenvalue weighted by molar-refractivity contribution is 0.240. The molecule has 8 heteroatoms. The molecule has 2 aromatic heterocycles. The highest BCUT2D eigenvalue weighted by molar-refractivity contribution is 7.15. The van der Waals surface area contributed by atoms with Gasteiger partial charge in [-0.05, 0) is 66.6 Å². The second-order valence-corrected chi connectivity index (χ2v) is 9.42. The molecule has 0 fully saturated rings. The third-order valence-electron chi connectivity index (χ3n) is 5.57. The van der Waals surface area contributed by atoms with Crippen molar-refractivity contribution in [2.24, 2.45) is 0 Å². The Morgan fingerprint density at radius 3 is 2.69 bits per heavy atom. The largest absolute Gasteiger partial charge is 0.493 e. The molecule has 0 N–H and O–H groups in total. The molecule has 0 aliphatic rings. The fourth-order valence-electron chi connectivity index (χ4n) is 3.79. The number of halogens is 1. The number of hydrogen-bond acceptors (Lipinski definition) is 6. The molecule has 0 unspecified atom stereocenters. The standard InChI is InChI=1S/C27H23ClN2O4S/c1-17-14-19(9-10-20(17)28)33-12-5-13-34-23-11-8-18(15-24(23)32-2)16-25-26(31)30-22-7-4-3-6-21(22)29-27(30)35-25/h3-4,6-11,14-16H,5,12-13H2,1-2H3/b25-16-. The van der Waals surface area contributed by atoms with Crippen molar-refractivity contribution in [2.45, 2.75) is 13.3 Å². The summed E-state index contributed by atoms with van der Waals surface area (Å²) in [5.41, 5.74) is 3.39. The number of para-hydroxylation sites is 2. The first-order valence-electron chi connectivity index (χ1n) is 11.1. The number of hydrogen-bond donors (Lipinski definition) is 0. The summed E-state index contributed by atoms with van der Waals surface area (Å²) in [6, 6.07) is 18.9. The Bertz CT molecular complexity index is 1630. The van der Waals surface area contributed by atoms with Crippen LogP contribution in [0.1, 0.15) is 17.5 Å². The third kappa shape index (κ3) is 4.83. The highest BCUT2D eigenvalue weighted by Crippen LogP contribution is 2.29. The fourth-order valence-corrected chi connectivity index (χ4v) is 4.90. The molecule has 0 bridgehead atoms. The predicted molar refractivity (Wildman–Crippen MR) is 140 cm³/mol. The number of methoxy groups -OCH3 is 1. The number of aromatic nitrogens is 2. The maximum atomic E-state index is 13.0. The average molecular weight is 507 g/mol. The molecule has 0 aliphatic carbocycles. The van der Waals surface area contributed by atoms with Crippen molar-refractivity contribution in [1.29, 1.82) is 0 Å². The minimum absolute atomic E-state index is 0.0751. The van der Waals surface area contributed by atoms with Crippen LogP contribution in [-0.2, 0) is 0 Å². The molecule has 0 spiro atoms. The van der Waals surface area contributed by atoms with Crippen molar-refractivity contribution in [3.8, 4) is 17.2 Å². The molecule has 35 heavy (non-hydrogen) atoms. The van der Waals surface area contributed by atoms with Crippen LogP contribution in [0.15, 0.2) is 65.5 Å². The predicted octanol–water partition coefficient (Wildman–Crippen LogP) is 5.28. The molecular weight excluding hydrogens is 484 g/mol. The molecule has 0 atom stereocenters. The zero-order valence-corrected chi connectivity index (χ0v) is 20.9. The average Bonchev–Trinajstić information content (AvgIpc) is 3.37. The molecule has 6 nitrogen and oxygen atoms in total. The van der Waals surface area contributed by atoms with Crippen molar-refractivity contribution in [1.82, 2.24) is 9.38 Å². The Kier molecular flexibility index (Phi) is 6.61. The maximum Gasteiger partial charge on any atom is 0.274 e. The number of nitrogens with zero attached hydrogens (tertiary/aromatic N) is 2. The van der Waals surface area contributed by atoms with Gasteiger partial charge in [0.05, 0.1) is 35.9 Å². The zero-order chi connectivity index (χ0) is 24.4. The van der Waals surface area contributed by atoms with Crippen molar-refractivity contribution >= 4 is 45.0 Å². The second-order valence-electron chi connectivity index (χ2n) is 8.01. The molecule has 2 heterocycles.